The van der Waals surface area contributed by atoms with E-state index in [4.69, 9.17) is 0 Å². The standard InChI is InChI=1S/C15H25N3O2/c1-14(2)9-12(10-15(3,4)17-14)16-13(19)11-5-7-18(20)8-6-11/h5-7,12,17,20H,8-10H2,1-4H3,(H,16,19). The van der Waals surface area contributed by atoms with Crippen molar-refractivity contribution in [3.05, 3.63) is 23.9 Å². The molecule has 5 heteroatoms. The summed E-state index contributed by atoms with van der Waals surface area (Å²) in [6, 6.07) is 0.162. The third kappa shape index (κ3) is 3.84. The van der Waals surface area contributed by atoms with Gasteiger partial charge in [-0.1, -0.05) is 0 Å². The van der Waals surface area contributed by atoms with Crippen molar-refractivity contribution in [3.63, 3.8) is 0 Å². The van der Waals surface area contributed by atoms with E-state index in [1.165, 1.54) is 6.20 Å². The molecule has 5 nitrogen and oxygen atoms in total. The Kier molecular flexibility index (Phi) is 3.93. The first-order chi connectivity index (χ1) is 9.17. The van der Waals surface area contributed by atoms with Crippen LogP contribution in [-0.2, 0) is 4.79 Å². The van der Waals surface area contributed by atoms with E-state index < -0.39 is 0 Å². The van der Waals surface area contributed by atoms with Crippen molar-refractivity contribution < 1.29 is 10.0 Å². The van der Waals surface area contributed by atoms with Gasteiger partial charge in [0.2, 0.25) is 0 Å². The highest BCUT2D eigenvalue weighted by Gasteiger charge is 2.38. The average Bonchev–Trinajstić information content (AvgIpc) is 2.25. The number of nitrogens with one attached hydrogen (secondary N) is 2. The second kappa shape index (κ2) is 5.22. The van der Waals surface area contributed by atoms with Gasteiger partial charge in [0.1, 0.15) is 0 Å². The number of carbonyl (C=O) groups is 1. The van der Waals surface area contributed by atoms with Crippen molar-refractivity contribution in [2.45, 2.75) is 57.7 Å². The fraction of sp³-hybridized carbons (Fsp3) is 0.667. The highest BCUT2D eigenvalue weighted by molar-refractivity contribution is 5.96. The Hall–Kier alpha value is -1.33. The molecule has 2 aliphatic rings. The van der Waals surface area contributed by atoms with Crippen molar-refractivity contribution in [3.8, 4) is 0 Å². The summed E-state index contributed by atoms with van der Waals surface area (Å²) < 4.78 is 0. The molecule has 2 aliphatic heterocycles. The number of carbonyl (C=O) groups excluding carboxylic acids is 1. The molecular formula is C15H25N3O2. The van der Waals surface area contributed by atoms with Gasteiger partial charge in [0.15, 0.2) is 0 Å². The quantitative estimate of drug-likeness (QED) is 0.718. The molecule has 0 spiro atoms. The Bertz CT molecular complexity index is 436. The van der Waals surface area contributed by atoms with Gasteiger partial charge in [0.25, 0.3) is 5.91 Å². The zero-order valence-corrected chi connectivity index (χ0v) is 12.7. The number of nitrogens with zero attached hydrogens (tertiary/aromatic N) is 1. The molecule has 20 heavy (non-hydrogen) atoms. The van der Waals surface area contributed by atoms with Crippen LogP contribution in [-0.4, -0.2) is 39.8 Å². The second-order valence-electron chi connectivity index (χ2n) is 7.07. The number of rotatable bonds is 2. The first-order valence-electron chi connectivity index (χ1n) is 7.11. The normalized spacial score (nSPS) is 25.2. The van der Waals surface area contributed by atoms with Crippen LogP contribution >= 0.6 is 0 Å². The summed E-state index contributed by atoms with van der Waals surface area (Å²) >= 11 is 0. The number of hydrogen-bond acceptors (Lipinski definition) is 4. The minimum atomic E-state index is -0.0622. The molecule has 2 heterocycles. The van der Waals surface area contributed by atoms with Gasteiger partial charge in [-0.3, -0.25) is 15.1 Å². The topological polar surface area (TPSA) is 64.6 Å². The van der Waals surface area contributed by atoms with Crippen LogP contribution in [0.2, 0.25) is 0 Å². The molecule has 1 fully saturated rings. The molecule has 2 rings (SSSR count). The van der Waals surface area contributed by atoms with E-state index in [9.17, 15) is 10.0 Å². The van der Waals surface area contributed by atoms with Crippen LogP contribution in [0, 0.1) is 0 Å². The smallest absolute Gasteiger partial charge is 0.251 e. The Balaban J connectivity index is 1.99. The lowest BCUT2D eigenvalue weighted by Crippen LogP contribution is -2.62. The lowest BCUT2D eigenvalue weighted by atomic mass is 9.79. The number of amides is 1. The van der Waals surface area contributed by atoms with E-state index >= 15 is 0 Å². The van der Waals surface area contributed by atoms with E-state index in [1.807, 2.05) is 0 Å². The third-order valence-electron chi connectivity index (χ3n) is 3.71. The zero-order valence-electron chi connectivity index (χ0n) is 12.7. The summed E-state index contributed by atoms with van der Waals surface area (Å²) in [6.45, 7) is 9.00. The molecule has 0 unspecified atom stereocenters. The minimum absolute atomic E-state index is 0.0123. The van der Waals surface area contributed by atoms with Crippen LogP contribution in [0.25, 0.3) is 0 Å². The van der Waals surface area contributed by atoms with Gasteiger partial charge < -0.3 is 10.6 Å². The summed E-state index contributed by atoms with van der Waals surface area (Å²) in [6.07, 6.45) is 6.69. The molecule has 0 aromatic rings. The van der Waals surface area contributed by atoms with Crippen LogP contribution in [0.5, 0.6) is 0 Å². The predicted octanol–water partition coefficient (Wildman–Crippen LogP) is 1.56. The Labute approximate surface area is 120 Å². The maximum atomic E-state index is 12.2. The van der Waals surface area contributed by atoms with Crippen molar-refractivity contribution in [1.29, 1.82) is 0 Å². The molecule has 3 N–H and O–H groups in total. The SMILES string of the molecule is CC1(C)CC(NC(=O)C2=CCN(O)C=C2)CC(C)(C)N1. The molecule has 0 saturated carbocycles. The Morgan fingerprint density at radius 1 is 1.35 bits per heavy atom. The fourth-order valence-electron chi connectivity index (χ4n) is 3.35. The van der Waals surface area contributed by atoms with Crippen LogP contribution in [0.1, 0.15) is 40.5 Å². The van der Waals surface area contributed by atoms with Crippen molar-refractivity contribution in [2.75, 3.05) is 6.54 Å². The lowest BCUT2D eigenvalue weighted by Gasteiger charge is -2.46. The van der Waals surface area contributed by atoms with Gasteiger partial charge in [-0.05, 0) is 52.7 Å². The minimum Gasteiger partial charge on any atom is -0.349 e. The van der Waals surface area contributed by atoms with Crippen molar-refractivity contribution >= 4 is 5.91 Å². The van der Waals surface area contributed by atoms with Gasteiger partial charge in [0.05, 0.1) is 6.54 Å². The monoisotopic (exact) mass is 279 g/mol. The maximum Gasteiger partial charge on any atom is 0.251 e. The van der Waals surface area contributed by atoms with E-state index in [1.54, 1.807) is 12.2 Å². The van der Waals surface area contributed by atoms with E-state index in [0.717, 1.165) is 17.9 Å². The predicted molar refractivity (Wildman–Crippen MR) is 78.2 cm³/mol. The molecule has 1 saturated heterocycles. The number of hydroxylamine groups is 2. The van der Waals surface area contributed by atoms with Crippen molar-refractivity contribution in [2.24, 2.45) is 0 Å². The molecule has 0 aromatic carbocycles. The van der Waals surface area contributed by atoms with Crippen molar-refractivity contribution in [1.82, 2.24) is 15.7 Å². The first kappa shape index (κ1) is 15.1. The average molecular weight is 279 g/mol. The molecule has 0 atom stereocenters. The molecule has 112 valence electrons. The summed E-state index contributed by atoms with van der Waals surface area (Å²) in [4.78, 5) is 12.2. The molecule has 1 amide bonds. The molecule has 0 aliphatic carbocycles. The van der Waals surface area contributed by atoms with Gasteiger partial charge in [0, 0.05) is 28.9 Å². The molecule has 0 aromatic heterocycles. The Morgan fingerprint density at radius 3 is 2.45 bits per heavy atom. The Morgan fingerprint density at radius 2 is 1.95 bits per heavy atom. The highest BCUT2D eigenvalue weighted by atomic mass is 16.5. The zero-order chi connectivity index (χ0) is 15.0. The van der Waals surface area contributed by atoms with Gasteiger partial charge in [-0.25, -0.2) is 0 Å². The van der Waals surface area contributed by atoms with E-state index in [0.29, 0.717) is 12.1 Å². The maximum absolute atomic E-state index is 12.2. The van der Waals surface area contributed by atoms with Gasteiger partial charge in [-0.2, -0.15) is 0 Å². The summed E-state index contributed by atoms with van der Waals surface area (Å²) in [5, 5.41) is 17.0. The van der Waals surface area contributed by atoms with Crippen LogP contribution in [0.3, 0.4) is 0 Å². The molecule has 0 radical (unpaired) electrons. The number of hydrogen-bond donors (Lipinski definition) is 3. The summed E-state index contributed by atoms with van der Waals surface area (Å²) in [5.41, 5.74) is 0.640. The van der Waals surface area contributed by atoms with Crippen LogP contribution in [0.4, 0.5) is 0 Å². The number of piperidine rings is 1. The van der Waals surface area contributed by atoms with Crippen LogP contribution in [0.15, 0.2) is 23.9 Å². The first-order valence-corrected chi connectivity index (χ1v) is 7.11. The lowest BCUT2D eigenvalue weighted by molar-refractivity contribution is -0.118. The van der Waals surface area contributed by atoms with Gasteiger partial charge >= 0.3 is 0 Å². The summed E-state index contributed by atoms with van der Waals surface area (Å²) in [7, 11) is 0. The second-order valence-corrected chi connectivity index (χ2v) is 7.07. The summed E-state index contributed by atoms with van der Waals surface area (Å²) in [5.74, 6) is -0.0622. The highest BCUT2D eigenvalue weighted by Crippen LogP contribution is 2.28. The molecule has 0 bridgehead atoms. The van der Waals surface area contributed by atoms with Crippen LogP contribution < -0.4 is 10.6 Å². The van der Waals surface area contributed by atoms with E-state index in [-0.39, 0.29) is 23.0 Å². The fourth-order valence-corrected chi connectivity index (χ4v) is 3.35. The third-order valence-corrected chi connectivity index (χ3v) is 3.71. The largest absolute Gasteiger partial charge is 0.349 e. The molecular weight excluding hydrogens is 254 g/mol. The van der Waals surface area contributed by atoms with Gasteiger partial charge in [-0.15, -0.1) is 0 Å². The van der Waals surface area contributed by atoms with E-state index in [2.05, 4.69) is 38.3 Å².